The van der Waals surface area contributed by atoms with E-state index < -0.39 is 16.0 Å². The second-order valence-corrected chi connectivity index (χ2v) is 5.94. The first-order valence-corrected chi connectivity index (χ1v) is 7.28. The van der Waals surface area contributed by atoms with Crippen LogP contribution in [-0.4, -0.2) is 14.4 Å². The molecule has 0 spiro atoms. The Morgan fingerprint density at radius 1 is 1.10 bits per heavy atom. The molecule has 0 unspecified atom stereocenters. The van der Waals surface area contributed by atoms with E-state index in [1.54, 1.807) is 31.2 Å². The summed E-state index contributed by atoms with van der Waals surface area (Å²) in [6, 6.07) is 12.1. The van der Waals surface area contributed by atoms with Gasteiger partial charge in [0.05, 0.1) is 16.6 Å². The molecule has 0 radical (unpaired) electrons. The first-order valence-electron chi connectivity index (χ1n) is 5.80. The molecule has 0 aliphatic carbocycles. The fraction of sp³-hybridized carbons (Fsp3) is 0.0714. The minimum Gasteiger partial charge on any atom is -0.545 e. The molecule has 104 valence electrons. The molecule has 21 heavy (non-hydrogen) atoms. The molecule has 0 bridgehead atoms. The van der Waals surface area contributed by atoms with E-state index in [2.05, 4.69) is 4.72 Å². The molecular weight excluding hydrogens is 285 g/mol. The molecule has 0 atom stereocenters. The van der Waals surface area contributed by atoms with Gasteiger partial charge in [-0.3, -0.25) is 4.72 Å². The molecule has 0 aliphatic heterocycles. The molecule has 2 rings (SSSR count). The first kappa shape index (κ1) is 17.3. The molecule has 0 amide bonds. The van der Waals surface area contributed by atoms with Gasteiger partial charge in [0.15, 0.2) is 0 Å². The molecule has 2 aromatic rings. The van der Waals surface area contributed by atoms with Crippen molar-refractivity contribution in [3.05, 3.63) is 59.7 Å². The van der Waals surface area contributed by atoms with Crippen LogP contribution in [0.25, 0.3) is 0 Å². The van der Waals surface area contributed by atoms with Gasteiger partial charge >= 0.3 is 18.9 Å². The summed E-state index contributed by atoms with van der Waals surface area (Å²) in [5.41, 5.74) is 0.532. The van der Waals surface area contributed by atoms with Gasteiger partial charge in [-0.15, -0.1) is 0 Å². The van der Waals surface area contributed by atoms with Gasteiger partial charge in [-0.1, -0.05) is 30.3 Å². The number of carboxylic acids is 1. The van der Waals surface area contributed by atoms with Crippen LogP contribution >= 0.6 is 0 Å². The molecule has 0 aliphatic rings. The van der Waals surface area contributed by atoms with Crippen LogP contribution in [0.15, 0.2) is 53.4 Å². The Morgan fingerprint density at radius 2 is 1.71 bits per heavy atom. The SMILES string of the molecule is Cc1ccc(C(=O)[O-])c(NS(=O)(=O)c2ccccc2)c1.[Li+]. The van der Waals surface area contributed by atoms with E-state index in [1.165, 1.54) is 24.3 Å². The molecule has 0 saturated carbocycles. The Kier molecular flexibility index (Phi) is 5.61. The predicted octanol–water partition coefficient (Wildman–Crippen LogP) is -1.84. The van der Waals surface area contributed by atoms with E-state index in [0.29, 0.717) is 0 Å². The largest absolute Gasteiger partial charge is 1.00 e. The number of anilines is 1. The summed E-state index contributed by atoms with van der Waals surface area (Å²) in [7, 11) is -3.83. The summed E-state index contributed by atoms with van der Waals surface area (Å²) in [6.45, 7) is 1.74. The maximum Gasteiger partial charge on any atom is 1.00 e. The van der Waals surface area contributed by atoms with E-state index in [1.807, 2.05) is 0 Å². The Bertz CT molecular complexity index is 745. The molecule has 0 aromatic heterocycles. The monoisotopic (exact) mass is 297 g/mol. The van der Waals surface area contributed by atoms with Gasteiger partial charge < -0.3 is 9.90 Å². The van der Waals surface area contributed by atoms with Crippen molar-refractivity contribution in [3.63, 3.8) is 0 Å². The number of rotatable bonds is 4. The Balaban J connectivity index is 0.00000220. The maximum absolute atomic E-state index is 12.2. The van der Waals surface area contributed by atoms with E-state index in [4.69, 9.17) is 0 Å². The second kappa shape index (κ2) is 6.81. The molecule has 1 N–H and O–H groups in total. The number of benzene rings is 2. The van der Waals surface area contributed by atoms with Crippen molar-refractivity contribution < 1.29 is 37.2 Å². The third-order valence-corrected chi connectivity index (χ3v) is 4.07. The van der Waals surface area contributed by atoms with Crippen LogP contribution in [-0.2, 0) is 10.0 Å². The van der Waals surface area contributed by atoms with Crippen LogP contribution < -0.4 is 28.7 Å². The number of carbonyl (C=O) groups excluding carboxylic acids is 1. The molecule has 0 saturated heterocycles. The van der Waals surface area contributed by atoms with Crippen molar-refractivity contribution in [2.45, 2.75) is 11.8 Å². The van der Waals surface area contributed by atoms with Gasteiger partial charge in [0, 0.05) is 5.56 Å². The molecule has 7 heteroatoms. The summed E-state index contributed by atoms with van der Waals surface area (Å²) in [6.07, 6.45) is 0. The number of nitrogens with one attached hydrogen (secondary N) is 1. The third-order valence-electron chi connectivity index (χ3n) is 2.69. The number of carboxylic acid groups (broad SMARTS) is 1. The second-order valence-electron chi connectivity index (χ2n) is 4.26. The van der Waals surface area contributed by atoms with Crippen molar-refractivity contribution in [1.82, 2.24) is 0 Å². The summed E-state index contributed by atoms with van der Waals surface area (Å²) in [5, 5.41) is 11.0. The summed E-state index contributed by atoms with van der Waals surface area (Å²) < 4.78 is 26.6. The number of carbonyl (C=O) groups is 1. The van der Waals surface area contributed by atoms with Crippen LogP contribution in [0.1, 0.15) is 15.9 Å². The average Bonchev–Trinajstić information content (AvgIpc) is 2.39. The Hall–Kier alpha value is -1.74. The van der Waals surface area contributed by atoms with Crippen molar-refractivity contribution in [3.8, 4) is 0 Å². The minimum absolute atomic E-state index is 0. The fourth-order valence-corrected chi connectivity index (χ4v) is 2.82. The molecule has 2 aromatic carbocycles. The van der Waals surface area contributed by atoms with E-state index in [0.717, 1.165) is 5.56 Å². The smallest absolute Gasteiger partial charge is 0.545 e. The maximum atomic E-state index is 12.2. The van der Waals surface area contributed by atoms with Crippen molar-refractivity contribution in [1.29, 1.82) is 0 Å². The summed E-state index contributed by atoms with van der Waals surface area (Å²) in [4.78, 5) is 11.1. The zero-order chi connectivity index (χ0) is 14.8. The standard InChI is InChI=1S/C14H13NO4S.Li/c1-10-7-8-12(14(16)17)13(9-10)15-20(18,19)11-5-3-2-4-6-11;/h2-9,15H,1H3,(H,16,17);/q;+1/p-1. The molecule has 0 heterocycles. The average molecular weight is 297 g/mol. The quantitative estimate of drug-likeness (QED) is 0.672. The third kappa shape index (κ3) is 4.11. The van der Waals surface area contributed by atoms with Crippen LogP contribution in [0.5, 0.6) is 0 Å². The normalized spacial score (nSPS) is 10.5. The first-order chi connectivity index (χ1) is 9.40. The fourth-order valence-electron chi connectivity index (χ4n) is 1.72. The van der Waals surface area contributed by atoms with Gasteiger partial charge in [0.25, 0.3) is 10.0 Å². The van der Waals surface area contributed by atoms with Crippen LogP contribution in [0.2, 0.25) is 0 Å². The molecular formula is C14H12LiNO4S. The van der Waals surface area contributed by atoms with E-state index in [9.17, 15) is 18.3 Å². The topological polar surface area (TPSA) is 86.3 Å². The summed E-state index contributed by atoms with van der Waals surface area (Å²) >= 11 is 0. The Labute approximate surface area is 135 Å². The van der Waals surface area contributed by atoms with Crippen molar-refractivity contribution in [2.24, 2.45) is 0 Å². The number of hydrogen-bond donors (Lipinski definition) is 1. The van der Waals surface area contributed by atoms with Gasteiger partial charge in [-0.05, 0) is 30.7 Å². The Morgan fingerprint density at radius 3 is 2.29 bits per heavy atom. The van der Waals surface area contributed by atoms with Gasteiger partial charge in [0.1, 0.15) is 0 Å². The predicted molar refractivity (Wildman–Crippen MR) is 72.8 cm³/mol. The van der Waals surface area contributed by atoms with Gasteiger partial charge in [0.2, 0.25) is 0 Å². The number of hydrogen-bond acceptors (Lipinski definition) is 4. The van der Waals surface area contributed by atoms with Crippen molar-refractivity contribution in [2.75, 3.05) is 4.72 Å². The summed E-state index contributed by atoms with van der Waals surface area (Å²) in [5.74, 6) is -1.43. The molecule has 0 fully saturated rings. The van der Waals surface area contributed by atoms with Crippen LogP contribution in [0, 0.1) is 6.92 Å². The van der Waals surface area contributed by atoms with E-state index in [-0.39, 0.29) is 35.0 Å². The number of aryl methyl sites for hydroxylation is 1. The zero-order valence-electron chi connectivity index (χ0n) is 11.7. The molecule has 5 nitrogen and oxygen atoms in total. The van der Waals surface area contributed by atoms with Crippen molar-refractivity contribution >= 4 is 21.7 Å². The number of aromatic carboxylic acids is 1. The van der Waals surface area contributed by atoms with Crippen LogP contribution in [0.4, 0.5) is 5.69 Å². The zero-order valence-corrected chi connectivity index (χ0v) is 12.5. The van der Waals surface area contributed by atoms with E-state index >= 15 is 0 Å². The number of sulfonamides is 1. The van der Waals surface area contributed by atoms with Crippen LogP contribution in [0.3, 0.4) is 0 Å². The van der Waals surface area contributed by atoms with Gasteiger partial charge in [-0.2, -0.15) is 0 Å². The van der Waals surface area contributed by atoms with Gasteiger partial charge in [-0.25, -0.2) is 8.42 Å². The minimum atomic E-state index is -3.83.